The van der Waals surface area contributed by atoms with Crippen LogP contribution in [0.15, 0.2) is 30.3 Å². The largest absolute Gasteiger partial charge is 0.496 e. The van der Waals surface area contributed by atoms with Crippen LogP contribution in [0.3, 0.4) is 0 Å². The molecule has 2 aromatic carbocycles. The van der Waals surface area contributed by atoms with Crippen LogP contribution in [0.25, 0.3) is 0 Å². The number of carbonyl (C=O) groups is 2. The number of rotatable bonds is 8. The molecule has 0 spiro atoms. The maximum absolute atomic E-state index is 14.1. The van der Waals surface area contributed by atoms with Crippen LogP contribution in [0.1, 0.15) is 63.9 Å². The van der Waals surface area contributed by atoms with E-state index in [9.17, 15) is 14.2 Å². The number of carbonyl (C=O) groups excluding carboxylic acids is 2. The molecular weight excluding hydrogens is 427 g/mol. The summed E-state index contributed by atoms with van der Waals surface area (Å²) in [4.78, 5) is 27.6. The first-order valence-electron chi connectivity index (χ1n) is 10.7. The molecule has 0 saturated heterocycles. The minimum absolute atomic E-state index is 0.204. The van der Waals surface area contributed by atoms with E-state index in [1.165, 1.54) is 21.3 Å². The van der Waals surface area contributed by atoms with Crippen molar-refractivity contribution in [2.45, 2.75) is 51.1 Å². The highest BCUT2D eigenvalue weighted by molar-refractivity contribution is 7.67. The maximum atomic E-state index is 14.1. The summed E-state index contributed by atoms with van der Waals surface area (Å²) in [5.74, 6) is 0.663. The zero-order chi connectivity index (χ0) is 23.5. The summed E-state index contributed by atoms with van der Waals surface area (Å²) in [7, 11) is 1.89. The highest BCUT2D eigenvalue weighted by Crippen LogP contribution is 2.54. The monoisotopic (exact) mass is 457 g/mol. The minimum Gasteiger partial charge on any atom is -0.496 e. The molecule has 1 radical (unpaired) electrons. The average Bonchev–Trinajstić information content (AvgIpc) is 2.82. The van der Waals surface area contributed by atoms with Gasteiger partial charge in [0.25, 0.3) is 0 Å². The first kappa shape index (κ1) is 23.9. The Morgan fingerprint density at radius 3 is 1.84 bits per heavy atom. The molecule has 2 aromatic rings. The van der Waals surface area contributed by atoms with Crippen molar-refractivity contribution in [1.29, 1.82) is 0 Å². The number of ketones is 1. The molecule has 0 aromatic heterocycles. The third-order valence-corrected chi connectivity index (χ3v) is 8.33. The quantitative estimate of drug-likeness (QED) is 0.364. The van der Waals surface area contributed by atoms with Crippen molar-refractivity contribution in [2.24, 2.45) is 0 Å². The zero-order valence-electron chi connectivity index (χ0n) is 19.3. The molecule has 0 N–H and O–H groups in total. The van der Waals surface area contributed by atoms with E-state index in [0.29, 0.717) is 24.2 Å². The van der Waals surface area contributed by atoms with Gasteiger partial charge in [-0.2, -0.15) is 0 Å². The van der Waals surface area contributed by atoms with E-state index in [4.69, 9.17) is 14.2 Å². The standard InChI is InChI=1S/C25H30O6P/c1-16-10-9-11-17(2)21(16)24(27)32(28)25(12-7-6-8-13-25)23(26)22-19(30-4)14-18(29-3)15-20(22)31-5/h9-11,14-15H,6-8,12-13H2,1-5H3. The van der Waals surface area contributed by atoms with Crippen molar-refractivity contribution in [3.63, 3.8) is 0 Å². The van der Waals surface area contributed by atoms with Gasteiger partial charge in [-0.3, -0.25) is 14.2 Å². The van der Waals surface area contributed by atoms with Gasteiger partial charge in [-0.25, -0.2) is 0 Å². The van der Waals surface area contributed by atoms with E-state index in [2.05, 4.69) is 0 Å². The SMILES string of the molecule is COc1cc(OC)c(C(=O)C2([P](=O)C(=O)c3c(C)cccc3C)CCCCC2)c(OC)c1. The molecule has 1 unspecified atom stereocenters. The Bertz CT molecular complexity index is 1010. The number of aryl methyl sites for hydroxylation is 2. The molecule has 0 amide bonds. The number of methoxy groups -OCH3 is 3. The number of Topliss-reactive ketones (excluding diaryl/α,β-unsaturated/α-hetero) is 1. The molecule has 1 aliphatic carbocycles. The number of ether oxygens (including phenoxy) is 3. The van der Waals surface area contributed by atoms with Crippen LogP contribution in [0.4, 0.5) is 0 Å². The Morgan fingerprint density at radius 2 is 1.38 bits per heavy atom. The lowest BCUT2D eigenvalue weighted by Crippen LogP contribution is -2.39. The lowest BCUT2D eigenvalue weighted by Gasteiger charge is -2.35. The predicted molar refractivity (Wildman–Crippen MR) is 124 cm³/mol. The number of hydrogen-bond donors (Lipinski definition) is 0. The van der Waals surface area contributed by atoms with Crippen molar-refractivity contribution in [3.8, 4) is 17.2 Å². The van der Waals surface area contributed by atoms with Gasteiger partial charge in [0.2, 0.25) is 5.52 Å². The Hall–Kier alpha value is -2.72. The van der Waals surface area contributed by atoms with Crippen LogP contribution >= 0.6 is 7.80 Å². The number of benzene rings is 2. The van der Waals surface area contributed by atoms with Gasteiger partial charge in [-0.05, 0) is 37.8 Å². The first-order chi connectivity index (χ1) is 15.3. The Kier molecular flexibility index (Phi) is 7.35. The smallest absolute Gasteiger partial charge is 0.243 e. The molecule has 3 rings (SSSR count). The molecule has 1 atom stereocenters. The van der Waals surface area contributed by atoms with E-state index in [-0.39, 0.29) is 22.8 Å². The molecule has 0 bridgehead atoms. The van der Waals surface area contributed by atoms with Gasteiger partial charge >= 0.3 is 0 Å². The highest BCUT2D eigenvalue weighted by Gasteiger charge is 2.50. The summed E-state index contributed by atoms with van der Waals surface area (Å²) < 4.78 is 30.2. The van der Waals surface area contributed by atoms with E-state index in [0.717, 1.165) is 30.4 Å². The lowest BCUT2D eigenvalue weighted by molar-refractivity contribution is 0.0897. The lowest BCUT2D eigenvalue weighted by atomic mass is 9.82. The highest BCUT2D eigenvalue weighted by atomic mass is 31.1. The fourth-order valence-corrected chi connectivity index (χ4v) is 6.53. The van der Waals surface area contributed by atoms with Crippen LogP contribution in [-0.4, -0.2) is 37.8 Å². The topological polar surface area (TPSA) is 78.9 Å². The summed E-state index contributed by atoms with van der Waals surface area (Å²) >= 11 is 0. The van der Waals surface area contributed by atoms with Crippen molar-refractivity contribution in [3.05, 3.63) is 52.6 Å². The molecule has 1 aliphatic rings. The molecule has 171 valence electrons. The van der Waals surface area contributed by atoms with Crippen LogP contribution in [0.5, 0.6) is 17.2 Å². The second-order valence-electron chi connectivity index (χ2n) is 8.19. The normalized spacial score (nSPS) is 15.6. The fraction of sp³-hybridized carbons (Fsp3) is 0.440. The second kappa shape index (κ2) is 9.83. The molecule has 0 aliphatic heterocycles. The summed E-state index contributed by atoms with van der Waals surface area (Å²) in [6.07, 6.45) is 3.17. The minimum atomic E-state index is -2.54. The predicted octanol–water partition coefficient (Wildman–Crippen LogP) is 5.88. The molecule has 1 fully saturated rings. The van der Waals surface area contributed by atoms with E-state index < -0.39 is 18.5 Å². The summed E-state index contributed by atoms with van der Waals surface area (Å²) in [5, 5.41) is -1.30. The van der Waals surface area contributed by atoms with Gasteiger partial charge in [0.1, 0.15) is 28.0 Å². The van der Waals surface area contributed by atoms with Crippen LogP contribution in [0, 0.1) is 13.8 Å². The molecule has 0 heterocycles. The van der Waals surface area contributed by atoms with E-state index in [1.54, 1.807) is 12.1 Å². The van der Waals surface area contributed by atoms with Crippen LogP contribution < -0.4 is 14.2 Å². The van der Waals surface area contributed by atoms with E-state index in [1.807, 2.05) is 32.0 Å². The second-order valence-corrected chi connectivity index (χ2v) is 10.0. The fourth-order valence-electron chi connectivity index (χ4n) is 4.57. The van der Waals surface area contributed by atoms with Gasteiger partial charge in [0.05, 0.1) is 21.3 Å². The molecule has 1 saturated carbocycles. The first-order valence-corrected chi connectivity index (χ1v) is 12.0. The third-order valence-electron chi connectivity index (χ3n) is 6.31. The Balaban J connectivity index is 2.16. The van der Waals surface area contributed by atoms with Crippen LogP contribution in [-0.2, 0) is 4.57 Å². The molecule has 6 nitrogen and oxygen atoms in total. The van der Waals surface area contributed by atoms with Gasteiger partial charge in [-0.1, -0.05) is 37.5 Å². The summed E-state index contributed by atoms with van der Waals surface area (Å²) in [5.41, 5.74) is 1.71. The van der Waals surface area contributed by atoms with Crippen molar-refractivity contribution in [2.75, 3.05) is 21.3 Å². The van der Waals surface area contributed by atoms with Crippen molar-refractivity contribution < 1.29 is 28.4 Å². The average molecular weight is 457 g/mol. The van der Waals surface area contributed by atoms with Gasteiger partial charge < -0.3 is 14.2 Å². The molecule has 32 heavy (non-hydrogen) atoms. The third kappa shape index (κ3) is 4.16. The number of hydrogen-bond acceptors (Lipinski definition) is 6. The van der Waals surface area contributed by atoms with Gasteiger partial charge in [0, 0.05) is 17.7 Å². The molecule has 7 heteroatoms. The Morgan fingerprint density at radius 1 is 0.844 bits per heavy atom. The van der Waals surface area contributed by atoms with Crippen LogP contribution in [0.2, 0.25) is 0 Å². The van der Waals surface area contributed by atoms with Crippen molar-refractivity contribution >= 4 is 19.1 Å². The van der Waals surface area contributed by atoms with Gasteiger partial charge in [-0.15, -0.1) is 0 Å². The maximum Gasteiger partial charge on any atom is 0.243 e. The summed E-state index contributed by atoms with van der Waals surface area (Å²) in [6, 6.07) is 8.73. The Labute approximate surface area is 190 Å². The zero-order valence-corrected chi connectivity index (χ0v) is 20.2. The summed E-state index contributed by atoms with van der Waals surface area (Å²) in [6.45, 7) is 3.66. The molecular formula is C25H30O6P. The van der Waals surface area contributed by atoms with Gasteiger partial charge in [0.15, 0.2) is 13.6 Å². The van der Waals surface area contributed by atoms with E-state index >= 15 is 0 Å². The van der Waals surface area contributed by atoms with Crippen molar-refractivity contribution in [1.82, 2.24) is 0 Å².